The van der Waals surface area contributed by atoms with Gasteiger partial charge in [0.05, 0.1) is 5.92 Å². The predicted molar refractivity (Wildman–Crippen MR) is 75.8 cm³/mol. The Kier molecular flexibility index (Phi) is 5.13. The van der Waals surface area contributed by atoms with E-state index in [1.165, 1.54) is 0 Å². The number of carboxylic acid groups (broad SMARTS) is 1. The Morgan fingerprint density at radius 3 is 2.40 bits per heavy atom. The summed E-state index contributed by atoms with van der Waals surface area (Å²) in [6.07, 6.45) is -0.614. The van der Waals surface area contributed by atoms with Gasteiger partial charge in [-0.3, -0.25) is 4.79 Å². The van der Waals surface area contributed by atoms with Crippen LogP contribution in [0.5, 0.6) is 0 Å². The van der Waals surface area contributed by atoms with Crippen LogP contribution < -0.4 is 5.32 Å². The van der Waals surface area contributed by atoms with Crippen molar-refractivity contribution in [2.75, 3.05) is 6.54 Å². The first kappa shape index (κ1) is 16.0. The van der Waals surface area contributed by atoms with Crippen LogP contribution in [0.1, 0.15) is 37.8 Å². The standard InChI is InChI=1S/C15H21NO4/c1-10-7-5-6-8-11(10)12(13(17)18)9-16-14(19)20-15(2,3)4/h5-8,12H,9H2,1-4H3,(H,16,19)(H,17,18). The topological polar surface area (TPSA) is 75.6 Å². The highest BCUT2D eigenvalue weighted by Gasteiger charge is 2.23. The van der Waals surface area contributed by atoms with Gasteiger partial charge in [-0.15, -0.1) is 0 Å². The summed E-state index contributed by atoms with van der Waals surface area (Å²) in [7, 11) is 0. The van der Waals surface area contributed by atoms with E-state index in [1.807, 2.05) is 19.1 Å². The zero-order valence-corrected chi connectivity index (χ0v) is 12.3. The first-order valence-electron chi connectivity index (χ1n) is 6.46. The minimum Gasteiger partial charge on any atom is -0.481 e. The van der Waals surface area contributed by atoms with Gasteiger partial charge in [0.25, 0.3) is 0 Å². The highest BCUT2D eigenvalue weighted by Crippen LogP contribution is 2.19. The molecule has 2 N–H and O–H groups in total. The molecule has 0 aliphatic rings. The van der Waals surface area contributed by atoms with Crippen LogP contribution in [-0.2, 0) is 9.53 Å². The molecule has 0 aromatic heterocycles. The zero-order valence-electron chi connectivity index (χ0n) is 12.3. The number of ether oxygens (including phenoxy) is 1. The number of hydrogen-bond acceptors (Lipinski definition) is 3. The smallest absolute Gasteiger partial charge is 0.407 e. The maximum absolute atomic E-state index is 11.6. The van der Waals surface area contributed by atoms with Crippen LogP contribution in [0.2, 0.25) is 0 Å². The first-order valence-corrected chi connectivity index (χ1v) is 6.46. The van der Waals surface area contributed by atoms with Gasteiger partial charge in [0.1, 0.15) is 5.60 Å². The van der Waals surface area contributed by atoms with Crippen molar-refractivity contribution in [2.45, 2.75) is 39.2 Å². The molecule has 1 aromatic carbocycles. The lowest BCUT2D eigenvalue weighted by Gasteiger charge is -2.21. The van der Waals surface area contributed by atoms with Gasteiger partial charge in [-0.25, -0.2) is 4.79 Å². The van der Waals surface area contributed by atoms with Crippen LogP contribution in [0, 0.1) is 6.92 Å². The molecule has 5 nitrogen and oxygen atoms in total. The lowest BCUT2D eigenvalue weighted by atomic mass is 9.95. The second-order valence-electron chi connectivity index (χ2n) is 5.63. The third kappa shape index (κ3) is 4.91. The summed E-state index contributed by atoms with van der Waals surface area (Å²) in [4.78, 5) is 22.9. The van der Waals surface area contributed by atoms with Crippen molar-refractivity contribution in [1.29, 1.82) is 0 Å². The minimum atomic E-state index is -0.977. The largest absolute Gasteiger partial charge is 0.481 e. The summed E-state index contributed by atoms with van der Waals surface area (Å²) in [6, 6.07) is 7.23. The van der Waals surface area contributed by atoms with Crippen LogP contribution in [0.25, 0.3) is 0 Å². The Balaban J connectivity index is 2.73. The van der Waals surface area contributed by atoms with Crippen LogP contribution in [-0.4, -0.2) is 29.3 Å². The van der Waals surface area contributed by atoms with Gasteiger partial charge in [0.15, 0.2) is 0 Å². The van der Waals surface area contributed by atoms with Gasteiger partial charge >= 0.3 is 12.1 Å². The number of alkyl carbamates (subject to hydrolysis) is 1. The molecule has 1 rings (SSSR count). The Morgan fingerprint density at radius 2 is 1.90 bits per heavy atom. The molecule has 0 heterocycles. The van der Waals surface area contributed by atoms with E-state index in [4.69, 9.17) is 4.74 Å². The molecule has 0 aliphatic heterocycles. The lowest BCUT2D eigenvalue weighted by Crippen LogP contribution is -2.36. The van der Waals surface area contributed by atoms with Crippen LogP contribution in [0.15, 0.2) is 24.3 Å². The number of aliphatic carboxylic acids is 1. The van der Waals surface area contributed by atoms with Crippen molar-refractivity contribution < 1.29 is 19.4 Å². The molecule has 0 fully saturated rings. The first-order chi connectivity index (χ1) is 9.20. The van der Waals surface area contributed by atoms with Gasteiger partial charge in [-0.2, -0.15) is 0 Å². The quantitative estimate of drug-likeness (QED) is 0.888. The maximum atomic E-state index is 11.6. The molecule has 0 aliphatic carbocycles. The van der Waals surface area contributed by atoms with Gasteiger partial charge in [0.2, 0.25) is 0 Å². The van der Waals surface area contributed by atoms with E-state index in [0.29, 0.717) is 5.56 Å². The van der Waals surface area contributed by atoms with Gasteiger partial charge in [-0.1, -0.05) is 24.3 Å². The van der Waals surface area contributed by atoms with Gasteiger partial charge < -0.3 is 15.2 Å². The number of rotatable bonds is 4. The molecule has 1 atom stereocenters. The molecular weight excluding hydrogens is 258 g/mol. The molecule has 0 saturated heterocycles. The number of nitrogens with one attached hydrogen (secondary N) is 1. The van der Waals surface area contributed by atoms with Crippen molar-refractivity contribution in [2.24, 2.45) is 0 Å². The number of carbonyl (C=O) groups is 2. The van der Waals surface area contributed by atoms with Gasteiger partial charge in [-0.05, 0) is 38.8 Å². The fraction of sp³-hybridized carbons (Fsp3) is 0.467. The number of aryl methyl sites for hydroxylation is 1. The molecule has 5 heteroatoms. The third-order valence-electron chi connectivity index (χ3n) is 2.71. The van der Waals surface area contributed by atoms with E-state index in [2.05, 4.69) is 5.32 Å². The summed E-state index contributed by atoms with van der Waals surface area (Å²) < 4.78 is 5.09. The molecule has 1 unspecified atom stereocenters. The summed E-state index contributed by atoms with van der Waals surface area (Å²) in [5.41, 5.74) is 0.966. The van der Waals surface area contributed by atoms with Crippen molar-refractivity contribution in [1.82, 2.24) is 5.32 Å². The van der Waals surface area contributed by atoms with Crippen molar-refractivity contribution in [3.63, 3.8) is 0 Å². The molecule has 110 valence electrons. The zero-order chi connectivity index (χ0) is 15.3. The molecule has 0 spiro atoms. The summed E-state index contributed by atoms with van der Waals surface area (Å²) in [6.45, 7) is 7.10. The second-order valence-corrected chi connectivity index (χ2v) is 5.63. The Labute approximate surface area is 118 Å². The second kappa shape index (κ2) is 6.41. The average molecular weight is 279 g/mol. The molecule has 0 bridgehead atoms. The molecule has 1 amide bonds. The van der Waals surface area contributed by atoms with E-state index >= 15 is 0 Å². The SMILES string of the molecule is Cc1ccccc1C(CNC(=O)OC(C)(C)C)C(=O)O. The number of hydrogen-bond donors (Lipinski definition) is 2. The van der Waals surface area contributed by atoms with Crippen molar-refractivity contribution in [3.05, 3.63) is 35.4 Å². The van der Waals surface area contributed by atoms with E-state index < -0.39 is 23.6 Å². The minimum absolute atomic E-state index is 0.00486. The number of carbonyl (C=O) groups excluding carboxylic acids is 1. The summed E-state index contributed by atoms with van der Waals surface area (Å²) in [5, 5.41) is 11.8. The molecular formula is C15H21NO4. The van der Waals surface area contributed by atoms with Crippen molar-refractivity contribution >= 4 is 12.1 Å². The van der Waals surface area contributed by atoms with E-state index in [-0.39, 0.29) is 6.54 Å². The molecule has 0 radical (unpaired) electrons. The van der Waals surface area contributed by atoms with Crippen LogP contribution in [0.4, 0.5) is 4.79 Å². The highest BCUT2D eigenvalue weighted by molar-refractivity contribution is 5.78. The average Bonchev–Trinajstić information content (AvgIpc) is 2.28. The van der Waals surface area contributed by atoms with E-state index in [9.17, 15) is 14.7 Å². The van der Waals surface area contributed by atoms with Crippen molar-refractivity contribution in [3.8, 4) is 0 Å². The fourth-order valence-corrected chi connectivity index (χ4v) is 1.81. The van der Waals surface area contributed by atoms with E-state index in [0.717, 1.165) is 5.56 Å². The Bertz CT molecular complexity index is 491. The Hall–Kier alpha value is -2.04. The predicted octanol–water partition coefficient (Wildman–Crippen LogP) is 2.69. The summed E-state index contributed by atoms with van der Waals surface area (Å²) in [5.74, 6) is -1.76. The molecule has 1 aromatic rings. The maximum Gasteiger partial charge on any atom is 0.407 e. The highest BCUT2D eigenvalue weighted by atomic mass is 16.6. The third-order valence-corrected chi connectivity index (χ3v) is 2.71. The Morgan fingerprint density at radius 1 is 1.30 bits per heavy atom. The normalized spacial score (nSPS) is 12.6. The molecule has 0 saturated carbocycles. The number of carboxylic acids is 1. The molecule has 20 heavy (non-hydrogen) atoms. The van der Waals surface area contributed by atoms with E-state index in [1.54, 1.807) is 32.9 Å². The lowest BCUT2D eigenvalue weighted by molar-refractivity contribution is -0.138. The number of benzene rings is 1. The van der Waals surface area contributed by atoms with Crippen LogP contribution in [0.3, 0.4) is 0 Å². The summed E-state index contributed by atoms with van der Waals surface area (Å²) >= 11 is 0. The monoisotopic (exact) mass is 279 g/mol. The van der Waals surface area contributed by atoms with Gasteiger partial charge in [0, 0.05) is 6.54 Å². The number of amides is 1. The van der Waals surface area contributed by atoms with Crippen LogP contribution >= 0.6 is 0 Å². The fourth-order valence-electron chi connectivity index (χ4n) is 1.81.